The number of aromatic nitrogens is 3. The van der Waals surface area contributed by atoms with E-state index in [0.717, 1.165) is 85.0 Å². The topological polar surface area (TPSA) is 230 Å². The van der Waals surface area contributed by atoms with Gasteiger partial charge in [0.25, 0.3) is 11.5 Å². The summed E-state index contributed by atoms with van der Waals surface area (Å²) in [5.41, 5.74) is 7.73. The number of fused-ring (bicyclic) bond motifs is 2. The Kier molecular flexibility index (Phi) is 17.2. The molecule has 3 aromatic heterocycles. The summed E-state index contributed by atoms with van der Waals surface area (Å²) in [6, 6.07) is 8.79. The molecule has 9 rings (SSSR count). The molecular weight excluding hydrogens is 1050 g/mol. The number of nitrogens with one attached hydrogen (secondary N) is 4. The van der Waals surface area contributed by atoms with Crippen molar-refractivity contribution >= 4 is 62.2 Å². The molecule has 5 N–H and O–H groups in total. The predicted molar refractivity (Wildman–Crippen MR) is 300 cm³/mol. The van der Waals surface area contributed by atoms with Crippen molar-refractivity contribution in [3.05, 3.63) is 122 Å². The van der Waals surface area contributed by atoms with Crippen LogP contribution in [-0.4, -0.2) is 119 Å². The largest absolute Gasteiger partial charge is 0.392 e. The molecule has 5 atom stereocenters. The van der Waals surface area contributed by atoms with Gasteiger partial charge in [0.05, 0.1) is 69.1 Å². The summed E-state index contributed by atoms with van der Waals surface area (Å²) in [6.45, 7) is 9.19. The molecule has 1 fully saturated rings. The Morgan fingerprint density at radius 2 is 1.77 bits per heavy atom. The fraction of sp³-hybridized carbons (Fsp3) is 0.491. The van der Waals surface area contributed by atoms with Crippen molar-refractivity contribution in [1.82, 2.24) is 40.9 Å². The lowest BCUT2D eigenvalue weighted by atomic mass is 9.84. The molecule has 1 saturated heterocycles. The maximum absolute atomic E-state index is 15.4. The number of unbranched alkanes of at least 4 members (excludes halogenated alkanes) is 7. The van der Waals surface area contributed by atoms with Gasteiger partial charge >= 0.3 is 0 Å². The average Bonchev–Trinajstić information content (AvgIpc) is 4.40. The number of amidine groups is 1. The summed E-state index contributed by atoms with van der Waals surface area (Å²) in [5.74, 6) is -2.62. The van der Waals surface area contributed by atoms with E-state index >= 15 is 4.39 Å². The Labute approximate surface area is 463 Å². The van der Waals surface area contributed by atoms with Crippen LogP contribution in [0.1, 0.15) is 114 Å². The van der Waals surface area contributed by atoms with Crippen LogP contribution >= 0.6 is 11.3 Å². The Morgan fingerprint density at radius 1 is 1.05 bits per heavy atom. The van der Waals surface area contributed by atoms with Gasteiger partial charge in [-0.2, -0.15) is 0 Å². The first-order valence-corrected chi connectivity index (χ1v) is 30.0. The molecule has 18 nitrogen and oxygen atoms in total. The summed E-state index contributed by atoms with van der Waals surface area (Å²) in [6.07, 6.45) is 13.0. The van der Waals surface area contributed by atoms with Gasteiger partial charge in [-0.05, 0) is 62.3 Å². The summed E-state index contributed by atoms with van der Waals surface area (Å²) in [4.78, 5) is 78.4. The second-order valence-corrected chi connectivity index (χ2v) is 25.2. The minimum atomic E-state index is -3.77. The van der Waals surface area contributed by atoms with E-state index in [1.807, 2.05) is 57.5 Å². The first-order chi connectivity index (χ1) is 37.7. The van der Waals surface area contributed by atoms with Gasteiger partial charge in [-0.25, -0.2) is 42.5 Å². The highest BCUT2D eigenvalue weighted by Crippen LogP contribution is 2.47. The Hall–Kier alpha value is -6.46. The predicted octanol–water partition coefficient (Wildman–Crippen LogP) is 6.36. The number of hydrogen-bond donors (Lipinski definition) is 5. The zero-order chi connectivity index (χ0) is 56.4. The molecule has 0 bridgehead atoms. The molecule has 4 aromatic rings. The van der Waals surface area contributed by atoms with Crippen molar-refractivity contribution in [1.29, 1.82) is 0 Å². The Bertz CT molecular complexity index is 3300. The number of benzene rings is 1. The molecule has 422 valence electrons. The van der Waals surface area contributed by atoms with E-state index in [0.29, 0.717) is 73.6 Å². The standard InChI is InChI=1S/C57H70F2N10O8S2/c1-34-51(78-33-63-34)35-16-18-36(19-17-35)57(4)65-52(66-77-57)44-26-38(71)28-68(44)32-56(2,3)45(30-70)64-46(72)15-13-11-9-7-8-10-12-14-22-61-54(73)47-40-29-69(53-42(59)25-37(58)27-62-53)43-20-23-60-50(48(40)43)49-39(21-24-67(5)55(49)74)41(47)31-79(6,75)76/h16-19,21,24-25,27,29-30,33,38,43-45,60,71H,7-15,20,22-23,26,28,31-32H2,1-6H3,(H,61,73)(H,64,72)(H,65,66)/t38-,43?,44+,45+,57-/m1/s1. The van der Waals surface area contributed by atoms with Crippen LogP contribution in [0.5, 0.6) is 0 Å². The molecule has 1 aliphatic carbocycles. The lowest BCUT2D eigenvalue weighted by Gasteiger charge is -2.37. The normalized spacial score (nSPS) is 21.4. The van der Waals surface area contributed by atoms with Crippen LogP contribution in [0, 0.1) is 24.0 Å². The van der Waals surface area contributed by atoms with Gasteiger partial charge in [-0.3, -0.25) is 19.3 Å². The van der Waals surface area contributed by atoms with Gasteiger partial charge < -0.3 is 35.3 Å². The summed E-state index contributed by atoms with van der Waals surface area (Å²) in [7, 11) is -2.19. The number of anilines is 1. The van der Waals surface area contributed by atoms with Crippen LogP contribution in [0.15, 0.2) is 87.0 Å². The van der Waals surface area contributed by atoms with Crippen LogP contribution in [0.3, 0.4) is 0 Å². The molecule has 0 spiro atoms. The van der Waals surface area contributed by atoms with E-state index in [1.54, 1.807) is 30.7 Å². The lowest BCUT2D eigenvalue weighted by molar-refractivity contribution is -0.126. The number of aliphatic hydroxyl groups is 1. The SMILES string of the molecule is Cc1ncsc1-c1ccc([C@]2(C)N=C([C@@H]3C[C@@H](O)CN3CC(C)(C)[C@H](C=O)NC(=O)CCCCCCCCCCNC(=O)C3=C(CS(C)(=O)=O)c4ccn(C)c(=O)c4C4=C5C3=CN(c3ncc(F)cc3F)C5CCN4)NO2)cc1. The third-order valence-corrected chi connectivity index (χ3v) is 17.4. The monoisotopic (exact) mass is 1120 g/mol. The minimum Gasteiger partial charge on any atom is -0.392 e. The fourth-order valence-electron chi connectivity index (χ4n) is 11.5. The van der Waals surface area contributed by atoms with Crippen LogP contribution in [-0.2, 0) is 41.8 Å². The number of aryl methyl sites for hydroxylation is 2. The van der Waals surface area contributed by atoms with E-state index in [-0.39, 0.29) is 47.4 Å². The first-order valence-electron chi connectivity index (χ1n) is 27.1. The van der Waals surface area contributed by atoms with Crippen molar-refractivity contribution in [2.45, 2.75) is 128 Å². The molecular formula is C57H70F2N10O8S2. The maximum Gasteiger partial charge on any atom is 0.260 e. The molecule has 7 heterocycles. The number of rotatable bonds is 23. The van der Waals surface area contributed by atoms with Crippen molar-refractivity contribution < 1.29 is 41.5 Å². The molecule has 1 aromatic carbocycles. The van der Waals surface area contributed by atoms with E-state index < -0.39 is 68.0 Å². The number of aliphatic hydroxyl groups excluding tert-OH is 1. The number of likely N-dealkylation sites (tertiary alicyclic amines) is 1. The number of hydroxylamine groups is 1. The number of sulfone groups is 1. The van der Waals surface area contributed by atoms with E-state index in [1.165, 1.54) is 15.7 Å². The lowest BCUT2D eigenvalue weighted by Crippen LogP contribution is -2.53. The molecule has 1 unspecified atom stereocenters. The maximum atomic E-state index is 15.4. The number of halogens is 2. The van der Waals surface area contributed by atoms with Gasteiger partial charge in [0.2, 0.25) is 11.6 Å². The number of pyridine rings is 2. The third-order valence-electron chi connectivity index (χ3n) is 15.6. The van der Waals surface area contributed by atoms with Crippen LogP contribution < -0.4 is 31.9 Å². The van der Waals surface area contributed by atoms with E-state index in [2.05, 4.69) is 36.3 Å². The fourth-order valence-corrected chi connectivity index (χ4v) is 13.2. The highest BCUT2D eigenvalue weighted by Gasteiger charge is 2.46. The number of carbonyl (C=O) groups is 3. The molecule has 4 aliphatic heterocycles. The summed E-state index contributed by atoms with van der Waals surface area (Å²) < 4.78 is 57.0. The van der Waals surface area contributed by atoms with Crippen LogP contribution in [0.25, 0.3) is 21.7 Å². The van der Waals surface area contributed by atoms with Gasteiger partial charge in [0.1, 0.15) is 17.9 Å². The van der Waals surface area contributed by atoms with E-state index in [9.17, 15) is 37.1 Å². The average molecular weight is 1130 g/mol. The number of amides is 2. The molecule has 0 saturated carbocycles. The zero-order valence-corrected chi connectivity index (χ0v) is 47.2. The molecule has 5 aliphatic rings. The number of aldehydes is 1. The van der Waals surface area contributed by atoms with Gasteiger partial charge in [-0.15, -0.1) is 11.3 Å². The van der Waals surface area contributed by atoms with E-state index in [4.69, 9.17) is 9.83 Å². The van der Waals surface area contributed by atoms with Crippen molar-refractivity contribution in [3.8, 4) is 10.4 Å². The summed E-state index contributed by atoms with van der Waals surface area (Å²) in [5, 5.41) is 20.1. The molecule has 2 amide bonds. The third kappa shape index (κ3) is 12.5. The second kappa shape index (κ2) is 23.7. The van der Waals surface area contributed by atoms with Crippen molar-refractivity contribution in [2.24, 2.45) is 17.5 Å². The van der Waals surface area contributed by atoms with Crippen LogP contribution in [0.4, 0.5) is 14.6 Å². The van der Waals surface area contributed by atoms with Crippen molar-refractivity contribution in [3.63, 3.8) is 0 Å². The number of carbonyl (C=O) groups excluding carboxylic acids is 3. The zero-order valence-electron chi connectivity index (χ0n) is 45.5. The molecule has 22 heteroatoms. The molecule has 79 heavy (non-hydrogen) atoms. The number of hydrogen-bond acceptors (Lipinski definition) is 16. The van der Waals surface area contributed by atoms with Gasteiger partial charge in [0.15, 0.2) is 21.5 Å². The Morgan fingerprint density at radius 3 is 2.46 bits per heavy atom. The quantitative estimate of drug-likeness (QED) is 0.0403. The number of aliphatic imine (C=N–C) groups is 1. The number of β-amino-alcohol motifs (C(OH)–C–C–N with tert-alkyl or cyclic N) is 1. The number of thiazole rings is 1. The summed E-state index contributed by atoms with van der Waals surface area (Å²) >= 11 is 1.59. The van der Waals surface area contributed by atoms with Crippen LogP contribution in [0.2, 0.25) is 0 Å². The molecule has 0 radical (unpaired) electrons. The smallest absolute Gasteiger partial charge is 0.260 e. The van der Waals surface area contributed by atoms with Crippen molar-refractivity contribution in [2.75, 3.05) is 43.1 Å². The minimum absolute atomic E-state index is 0.0628. The number of nitrogens with zero attached hydrogens (tertiary/aromatic N) is 6. The Balaban J connectivity index is 0.737. The first kappa shape index (κ1) is 57.2. The highest BCUT2D eigenvalue weighted by molar-refractivity contribution is 7.91. The van der Waals surface area contributed by atoms with Gasteiger partial charge in [0, 0.05) is 86.5 Å². The highest BCUT2D eigenvalue weighted by atomic mass is 32.2. The van der Waals surface area contributed by atoms with Gasteiger partial charge in [-0.1, -0.05) is 76.6 Å². The second-order valence-electron chi connectivity index (χ2n) is 22.2.